The van der Waals surface area contributed by atoms with Crippen molar-refractivity contribution in [1.82, 2.24) is 0 Å². The van der Waals surface area contributed by atoms with Gasteiger partial charge >= 0.3 is 11.9 Å². The summed E-state index contributed by atoms with van der Waals surface area (Å²) in [6, 6.07) is 13.3. The fraction of sp³-hybridized carbons (Fsp3) is 0.238. The quantitative estimate of drug-likeness (QED) is 0.564. The van der Waals surface area contributed by atoms with Gasteiger partial charge in [0.2, 0.25) is 0 Å². The molecule has 0 unspecified atom stereocenters. The highest BCUT2D eigenvalue weighted by Crippen LogP contribution is 2.30. The molecule has 0 heterocycles. The van der Waals surface area contributed by atoms with E-state index in [0.29, 0.717) is 16.7 Å². The molecule has 0 spiro atoms. The number of carbonyl (C=O) groups excluding carboxylic acids is 1. The average molecular weight is 402 g/mol. The second kappa shape index (κ2) is 8.84. The molecule has 0 atom stereocenters. The number of ether oxygens (including phenoxy) is 1. The summed E-state index contributed by atoms with van der Waals surface area (Å²) in [7, 11) is -3.38. The number of carboxylic acid groups (broad SMARTS) is 1. The molecule has 2 aromatic rings. The Morgan fingerprint density at radius 3 is 1.89 bits per heavy atom. The Morgan fingerprint density at radius 1 is 0.964 bits per heavy atom. The van der Waals surface area contributed by atoms with Gasteiger partial charge in [-0.3, -0.25) is 4.79 Å². The molecule has 0 fully saturated rings. The first-order valence-corrected chi connectivity index (χ1v) is 10.5. The number of carbonyl (C=O) groups is 2. The monoisotopic (exact) mass is 402 g/mol. The molecule has 28 heavy (non-hydrogen) atoms. The predicted molar refractivity (Wildman–Crippen MR) is 106 cm³/mol. The fourth-order valence-electron chi connectivity index (χ4n) is 2.74. The first-order chi connectivity index (χ1) is 13.1. The molecule has 0 saturated carbocycles. The minimum atomic E-state index is -3.38. The number of esters is 1. The van der Waals surface area contributed by atoms with Crippen LogP contribution in [-0.2, 0) is 24.2 Å². The summed E-state index contributed by atoms with van der Waals surface area (Å²) in [4.78, 5) is 24.1. The van der Waals surface area contributed by atoms with Crippen molar-refractivity contribution in [2.75, 3.05) is 12.9 Å². The Labute approximate surface area is 164 Å². The van der Waals surface area contributed by atoms with Crippen molar-refractivity contribution in [2.45, 2.75) is 25.2 Å². The molecule has 0 saturated heterocycles. The zero-order valence-electron chi connectivity index (χ0n) is 15.9. The number of rotatable bonds is 7. The van der Waals surface area contributed by atoms with Gasteiger partial charge in [-0.25, -0.2) is 13.2 Å². The highest BCUT2D eigenvalue weighted by atomic mass is 32.2. The lowest BCUT2D eigenvalue weighted by Gasteiger charge is -2.15. The standard InChI is InChI=1S/C21H22O6S/c1-4-27-21(24)18(13-19(22)23)20(15-7-5-14(2)6-8-15)16-9-11-17(12-10-16)28(3,25)26/h5-12H,4,13H2,1-3H3,(H,22,23)/b20-18-. The van der Waals surface area contributed by atoms with E-state index in [4.69, 9.17) is 4.74 Å². The molecule has 0 aromatic heterocycles. The molecule has 0 bridgehead atoms. The number of hydrogen-bond donors (Lipinski definition) is 1. The van der Waals surface area contributed by atoms with Gasteiger partial charge in [-0.15, -0.1) is 0 Å². The molecule has 0 amide bonds. The lowest BCUT2D eigenvalue weighted by atomic mass is 9.91. The SMILES string of the molecule is CCOC(=O)/C(CC(=O)O)=C(/c1ccc(C)cc1)c1ccc(S(C)(=O)=O)cc1. The lowest BCUT2D eigenvalue weighted by Crippen LogP contribution is -2.14. The average Bonchev–Trinajstić information content (AvgIpc) is 2.62. The van der Waals surface area contributed by atoms with Crippen molar-refractivity contribution >= 4 is 27.3 Å². The van der Waals surface area contributed by atoms with E-state index in [1.807, 2.05) is 19.1 Å². The summed E-state index contributed by atoms with van der Waals surface area (Å²) in [6.07, 6.45) is 0.586. The van der Waals surface area contributed by atoms with Gasteiger partial charge in [0.05, 0.1) is 23.5 Å². The van der Waals surface area contributed by atoms with Gasteiger partial charge in [0.25, 0.3) is 0 Å². The van der Waals surface area contributed by atoms with E-state index >= 15 is 0 Å². The third-order valence-electron chi connectivity index (χ3n) is 4.06. The normalized spacial score (nSPS) is 12.2. The van der Waals surface area contributed by atoms with Gasteiger partial charge in [0.15, 0.2) is 9.84 Å². The molecule has 6 nitrogen and oxygen atoms in total. The molecular weight excluding hydrogens is 380 g/mol. The number of benzene rings is 2. The zero-order valence-corrected chi connectivity index (χ0v) is 16.7. The van der Waals surface area contributed by atoms with Crippen LogP contribution in [-0.4, -0.2) is 38.3 Å². The second-order valence-electron chi connectivity index (χ2n) is 6.31. The van der Waals surface area contributed by atoms with Crippen LogP contribution in [0, 0.1) is 6.92 Å². The molecule has 2 aromatic carbocycles. The number of carboxylic acids is 1. The minimum Gasteiger partial charge on any atom is -0.481 e. The Balaban J connectivity index is 2.75. The topological polar surface area (TPSA) is 97.7 Å². The molecule has 0 aliphatic rings. The predicted octanol–water partition coefficient (Wildman–Crippen LogP) is 3.24. The molecule has 7 heteroatoms. The summed E-state index contributed by atoms with van der Waals surface area (Å²) in [5.41, 5.74) is 2.58. The van der Waals surface area contributed by atoms with Crippen molar-refractivity contribution in [1.29, 1.82) is 0 Å². The van der Waals surface area contributed by atoms with Crippen LogP contribution in [0.5, 0.6) is 0 Å². The number of hydrogen-bond acceptors (Lipinski definition) is 5. The summed E-state index contributed by atoms with van der Waals surface area (Å²) in [6.45, 7) is 3.66. The fourth-order valence-corrected chi connectivity index (χ4v) is 3.37. The minimum absolute atomic E-state index is 0.00492. The van der Waals surface area contributed by atoms with Crippen molar-refractivity contribution in [2.24, 2.45) is 0 Å². The van der Waals surface area contributed by atoms with Crippen molar-refractivity contribution < 1.29 is 27.9 Å². The highest BCUT2D eigenvalue weighted by molar-refractivity contribution is 7.90. The molecule has 148 valence electrons. The number of aryl methyl sites for hydroxylation is 1. The van der Waals surface area contributed by atoms with Crippen molar-refractivity contribution in [3.63, 3.8) is 0 Å². The molecular formula is C21H22O6S. The van der Waals surface area contributed by atoms with E-state index in [0.717, 1.165) is 11.8 Å². The third kappa shape index (κ3) is 5.29. The van der Waals surface area contributed by atoms with Crippen LogP contribution >= 0.6 is 0 Å². The number of sulfone groups is 1. The molecule has 1 N–H and O–H groups in total. The van der Waals surface area contributed by atoms with E-state index in [-0.39, 0.29) is 17.1 Å². The van der Waals surface area contributed by atoms with Crippen molar-refractivity contribution in [3.05, 3.63) is 70.8 Å². The van der Waals surface area contributed by atoms with Crippen LogP contribution in [0.25, 0.3) is 5.57 Å². The maximum atomic E-state index is 12.5. The maximum absolute atomic E-state index is 12.5. The van der Waals surface area contributed by atoms with Gasteiger partial charge in [-0.2, -0.15) is 0 Å². The Bertz CT molecular complexity index is 1000. The smallest absolute Gasteiger partial charge is 0.335 e. The van der Waals surface area contributed by atoms with Gasteiger partial charge in [0, 0.05) is 6.26 Å². The summed E-state index contributed by atoms with van der Waals surface area (Å²) in [5, 5.41) is 9.32. The van der Waals surface area contributed by atoms with Crippen LogP contribution in [0.3, 0.4) is 0 Å². The molecule has 0 aliphatic carbocycles. The van der Waals surface area contributed by atoms with Crippen LogP contribution in [0.4, 0.5) is 0 Å². The van der Waals surface area contributed by atoms with Crippen LogP contribution < -0.4 is 0 Å². The van der Waals surface area contributed by atoms with Crippen LogP contribution in [0.2, 0.25) is 0 Å². The lowest BCUT2D eigenvalue weighted by molar-refractivity contribution is -0.142. The second-order valence-corrected chi connectivity index (χ2v) is 8.32. The summed E-state index contributed by atoms with van der Waals surface area (Å²) < 4.78 is 28.5. The molecule has 2 rings (SSSR count). The van der Waals surface area contributed by atoms with E-state index in [2.05, 4.69) is 0 Å². The van der Waals surface area contributed by atoms with Crippen LogP contribution in [0.15, 0.2) is 59.0 Å². The Morgan fingerprint density at radius 2 is 1.46 bits per heavy atom. The summed E-state index contributed by atoms with van der Waals surface area (Å²) >= 11 is 0. The van der Waals surface area contributed by atoms with Gasteiger partial charge in [-0.1, -0.05) is 42.0 Å². The largest absolute Gasteiger partial charge is 0.481 e. The zero-order chi connectivity index (χ0) is 20.9. The molecule has 0 radical (unpaired) electrons. The van der Waals surface area contributed by atoms with Crippen molar-refractivity contribution in [3.8, 4) is 0 Å². The Kier molecular flexibility index (Phi) is 6.75. The molecule has 0 aliphatic heterocycles. The maximum Gasteiger partial charge on any atom is 0.335 e. The van der Waals surface area contributed by atoms with Gasteiger partial charge in [-0.05, 0) is 42.7 Å². The highest BCUT2D eigenvalue weighted by Gasteiger charge is 2.22. The van der Waals surface area contributed by atoms with E-state index in [9.17, 15) is 23.1 Å². The van der Waals surface area contributed by atoms with Gasteiger partial charge < -0.3 is 9.84 Å². The number of aliphatic carboxylic acids is 1. The van der Waals surface area contributed by atoms with Crippen LogP contribution in [0.1, 0.15) is 30.0 Å². The first kappa shape index (κ1) is 21.4. The third-order valence-corrected chi connectivity index (χ3v) is 5.19. The van der Waals surface area contributed by atoms with E-state index < -0.39 is 28.2 Å². The first-order valence-electron chi connectivity index (χ1n) is 8.63. The van der Waals surface area contributed by atoms with E-state index in [1.54, 1.807) is 31.2 Å². The van der Waals surface area contributed by atoms with E-state index in [1.165, 1.54) is 12.1 Å². The summed E-state index contributed by atoms with van der Waals surface area (Å²) in [5.74, 6) is -1.88. The van der Waals surface area contributed by atoms with Gasteiger partial charge in [0.1, 0.15) is 0 Å². The Hall–Kier alpha value is -2.93.